The third kappa shape index (κ3) is 43.3. The van der Waals surface area contributed by atoms with Crippen LogP contribution in [0.25, 0.3) is 0 Å². The largest absolute Gasteiger partial charge is 0.756 e. The molecule has 3 unspecified atom stereocenters. The zero-order valence-corrected chi connectivity index (χ0v) is 39.1. The first-order valence-corrected chi connectivity index (χ1v) is 24.6. The molecule has 0 spiro atoms. The summed E-state index contributed by atoms with van der Waals surface area (Å²) in [4.78, 5) is 25.3. The molecule has 0 aromatic rings. The van der Waals surface area contributed by atoms with Crippen LogP contribution in [0.15, 0.2) is 97.2 Å². The van der Waals surface area contributed by atoms with Gasteiger partial charge in [0.25, 0.3) is 7.82 Å². The van der Waals surface area contributed by atoms with Crippen molar-refractivity contribution in [3.8, 4) is 0 Å². The molecule has 3 atom stereocenters. The van der Waals surface area contributed by atoms with Crippen LogP contribution < -0.4 is 10.2 Å². The number of hydrogen-bond acceptors (Lipinski definition) is 6. The molecule has 0 aliphatic carbocycles. The molecule has 0 heterocycles. The third-order valence-corrected chi connectivity index (χ3v) is 10.5. The van der Waals surface area contributed by atoms with E-state index in [1.807, 2.05) is 27.2 Å². The first kappa shape index (κ1) is 56.4. The molecule has 0 aromatic heterocycles. The van der Waals surface area contributed by atoms with Gasteiger partial charge in [-0.1, -0.05) is 169 Å². The molecule has 0 bridgehead atoms. The lowest BCUT2D eigenvalue weighted by Gasteiger charge is -2.29. The number of quaternary nitrogens is 1. The van der Waals surface area contributed by atoms with Crippen LogP contribution in [0.1, 0.15) is 162 Å². The Kier molecular flexibility index (Phi) is 39.0. The van der Waals surface area contributed by atoms with Gasteiger partial charge in [-0.05, 0) is 83.5 Å². The third-order valence-electron chi connectivity index (χ3n) is 9.53. The molecule has 8 nitrogen and oxygen atoms in total. The molecule has 9 heteroatoms. The van der Waals surface area contributed by atoms with Crippen molar-refractivity contribution in [2.24, 2.45) is 0 Å². The van der Waals surface area contributed by atoms with Crippen LogP contribution in [0, 0.1) is 0 Å². The van der Waals surface area contributed by atoms with Crippen molar-refractivity contribution in [1.82, 2.24) is 5.32 Å². The number of phosphoric acid groups is 1. The number of nitrogens with zero attached hydrogens (tertiary/aromatic N) is 1. The van der Waals surface area contributed by atoms with Gasteiger partial charge in [0.2, 0.25) is 5.91 Å². The molecule has 0 fully saturated rings. The summed E-state index contributed by atoms with van der Waals surface area (Å²) in [6, 6.07) is -0.916. The highest BCUT2D eigenvalue weighted by molar-refractivity contribution is 7.45. The normalized spacial score (nSPS) is 15.2. The fourth-order valence-corrected chi connectivity index (χ4v) is 6.60. The number of amides is 1. The van der Waals surface area contributed by atoms with E-state index in [2.05, 4.69) is 104 Å². The number of likely N-dealkylation sites (N-methyl/N-ethyl adjacent to an activating group) is 1. The number of carbonyl (C=O) groups excluding carboxylic acids is 1. The van der Waals surface area contributed by atoms with E-state index >= 15 is 0 Å². The Morgan fingerprint density at radius 1 is 0.610 bits per heavy atom. The number of phosphoric ester groups is 1. The van der Waals surface area contributed by atoms with Gasteiger partial charge >= 0.3 is 0 Å². The second-order valence-corrected chi connectivity index (χ2v) is 17.8. The number of aliphatic hydroxyl groups is 1. The van der Waals surface area contributed by atoms with Crippen LogP contribution in [0.2, 0.25) is 0 Å². The number of aliphatic hydroxyl groups excluding tert-OH is 1. The minimum atomic E-state index is -4.61. The van der Waals surface area contributed by atoms with E-state index in [0.29, 0.717) is 17.4 Å². The van der Waals surface area contributed by atoms with Crippen LogP contribution in [0.4, 0.5) is 0 Å². The minimum absolute atomic E-state index is 0.0152. The van der Waals surface area contributed by atoms with Gasteiger partial charge in [-0.25, -0.2) is 0 Å². The Hall–Kier alpha value is -2.58. The van der Waals surface area contributed by atoms with E-state index in [1.54, 1.807) is 6.08 Å². The molecule has 0 aliphatic heterocycles. The smallest absolute Gasteiger partial charge is 0.268 e. The molecule has 0 saturated carbocycles. The molecule has 0 aliphatic rings. The fraction of sp³-hybridized carbons (Fsp3) is 0.660. The van der Waals surface area contributed by atoms with E-state index in [9.17, 15) is 19.4 Å². The monoisotopic (exact) mass is 843 g/mol. The summed E-state index contributed by atoms with van der Waals surface area (Å²) in [5.74, 6) is -0.229. The van der Waals surface area contributed by atoms with Crippen molar-refractivity contribution in [3.63, 3.8) is 0 Å². The maximum absolute atomic E-state index is 12.9. The molecule has 0 saturated heterocycles. The van der Waals surface area contributed by atoms with E-state index in [-0.39, 0.29) is 12.5 Å². The van der Waals surface area contributed by atoms with Crippen LogP contribution >= 0.6 is 7.82 Å². The van der Waals surface area contributed by atoms with Crippen molar-refractivity contribution in [3.05, 3.63) is 97.2 Å². The van der Waals surface area contributed by atoms with Crippen molar-refractivity contribution >= 4 is 13.7 Å². The summed E-state index contributed by atoms with van der Waals surface area (Å²) in [5.41, 5.74) is 0. The highest BCUT2D eigenvalue weighted by atomic mass is 31.2. The number of rotatable bonds is 40. The molecule has 1 amide bonds. The topological polar surface area (TPSA) is 108 Å². The Balaban J connectivity index is 4.40. The Morgan fingerprint density at radius 2 is 1.05 bits per heavy atom. The van der Waals surface area contributed by atoms with Crippen molar-refractivity contribution in [2.45, 2.75) is 174 Å². The lowest BCUT2D eigenvalue weighted by molar-refractivity contribution is -0.870. The van der Waals surface area contributed by atoms with E-state index in [0.717, 1.165) is 103 Å². The molecule has 59 heavy (non-hydrogen) atoms. The standard InChI is InChI=1S/C50H87N2O6P/c1-6-8-10-12-14-16-18-20-21-22-23-24-25-26-27-28-29-30-31-32-34-36-38-40-42-44-50(54)51-48(47-58-59(55,56)57-46-45-52(3,4)5)49(53)43-41-39-37-35-33-19-17-15-13-11-9-7-2/h8,10,14,16,20-21,23-24,26-27,29-30,33,35,41,43,48-49,53H,6-7,9,11-13,15,17-19,22,25,28,31-32,34,36-40,42,44-47H2,1-5H3,(H-,51,54,55,56)/b10-8-,16-14-,21-20-,24-23-,27-26-,30-29-,35-33+,43-41+. The average molecular weight is 843 g/mol. The summed E-state index contributed by atoms with van der Waals surface area (Å²) in [7, 11) is 1.21. The van der Waals surface area contributed by atoms with Gasteiger partial charge in [-0.15, -0.1) is 0 Å². The zero-order chi connectivity index (χ0) is 43.6. The van der Waals surface area contributed by atoms with Crippen molar-refractivity contribution in [2.75, 3.05) is 40.9 Å². The van der Waals surface area contributed by atoms with Gasteiger partial charge in [0.05, 0.1) is 39.9 Å². The molecule has 338 valence electrons. The Morgan fingerprint density at radius 3 is 1.58 bits per heavy atom. The summed E-state index contributed by atoms with van der Waals surface area (Å²) < 4.78 is 23.2. The first-order chi connectivity index (χ1) is 28.5. The predicted molar refractivity (Wildman–Crippen MR) is 251 cm³/mol. The summed E-state index contributed by atoms with van der Waals surface area (Å²) in [6.07, 6.45) is 57.4. The maximum atomic E-state index is 12.9. The predicted octanol–water partition coefficient (Wildman–Crippen LogP) is 12.5. The van der Waals surface area contributed by atoms with Crippen molar-refractivity contribution < 1.29 is 32.9 Å². The van der Waals surface area contributed by atoms with Gasteiger partial charge in [0.1, 0.15) is 13.2 Å². The molecule has 0 rings (SSSR count). The van der Waals surface area contributed by atoms with Crippen LogP contribution in [-0.4, -0.2) is 68.5 Å². The second kappa shape index (κ2) is 40.8. The quantitative estimate of drug-likeness (QED) is 0.0275. The van der Waals surface area contributed by atoms with E-state index in [1.165, 1.54) is 38.5 Å². The molecular formula is C50H87N2O6P. The van der Waals surface area contributed by atoms with E-state index < -0.39 is 26.6 Å². The zero-order valence-electron chi connectivity index (χ0n) is 38.2. The summed E-state index contributed by atoms with van der Waals surface area (Å²) >= 11 is 0. The van der Waals surface area contributed by atoms with Crippen LogP contribution in [0.5, 0.6) is 0 Å². The molecular weight excluding hydrogens is 756 g/mol. The number of unbranched alkanes of at least 4 members (excludes halogenated alkanes) is 13. The van der Waals surface area contributed by atoms with Crippen LogP contribution in [-0.2, 0) is 18.4 Å². The highest BCUT2D eigenvalue weighted by Gasteiger charge is 2.23. The fourth-order valence-electron chi connectivity index (χ4n) is 5.87. The SMILES string of the molecule is CC/C=C\C/C=C\C/C=C\C/C=C\C/C=C\C/C=C\CCCCCCCCC(=O)NC(COP(=O)([O-])OCC[N+](C)(C)C)C(O)/C=C/CC/C=C/CCCCCCCC. The number of hydrogen-bond donors (Lipinski definition) is 2. The number of allylic oxidation sites excluding steroid dienone is 15. The van der Waals surface area contributed by atoms with Crippen molar-refractivity contribution in [1.29, 1.82) is 0 Å². The molecule has 2 N–H and O–H groups in total. The summed E-state index contributed by atoms with van der Waals surface area (Å²) in [5, 5.41) is 13.7. The van der Waals surface area contributed by atoms with Gasteiger partial charge in [-0.3, -0.25) is 9.36 Å². The van der Waals surface area contributed by atoms with Crippen LogP contribution in [0.3, 0.4) is 0 Å². The average Bonchev–Trinajstić information content (AvgIpc) is 3.19. The van der Waals surface area contributed by atoms with Gasteiger partial charge in [-0.2, -0.15) is 0 Å². The highest BCUT2D eigenvalue weighted by Crippen LogP contribution is 2.38. The molecule has 0 radical (unpaired) electrons. The first-order valence-electron chi connectivity index (χ1n) is 23.1. The van der Waals surface area contributed by atoms with Gasteiger partial charge < -0.3 is 28.8 Å². The number of nitrogens with one attached hydrogen (secondary N) is 1. The lowest BCUT2D eigenvalue weighted by atomic mass is 10.1. The minimum Gasteiger partial charge on any atom is -0.756 e. The van der Waals surface area contributed by atoms with Gasteiger partial charge in [0, 0.05) is 6.42 Å². The van der Waals surface area contributed by atoms with E-state index in [4.69, 9.17) is 9.05 Å². The lowest BCUT2D eigenvalue weighted by Crippen LogP contribution is -2.45. The Labute approximate surface area is 362 Å². The maximum Gasteiger partial charge on any atom is 0.268 e. The second-order valence-electron chi connectivity index (χ2n) is 16.4. The molecule has 0 aromatic carbocycles. The number of carbonyl (C=O) groups is 1. The van der Waals surface area contributed by atoms with Gasteiger partial charge in [0.15, 0.2) is 0 Å². The summed E-state index contributed by atoms with van der Waals surface area (Å²) in [6.45, 7) is 4.45. The Bertz CT molecular complexity index is 1280.